The molecule has 0 aliphatic rings. The largest absolute Gasteiger partial charge is 0.361 e. The smallest absolute Gasteiger partial charge is 0.315 e. The maximum Gasteiger partial charge on any atom is 0.315 e. The highest BCUT2D eigenvalue weighted by atomic mass is 35.5. The van der Waals surface area contributed by atoms with Crippen molar-refractivity contribution in [2.75, 3.05) is 6.54 Å². The molecule has 2 aromatic carbocycles. The van der Waals surface area contributed by atoms with E-state index in [1.165, 1.54) is 0 Å². The number of amides is 2. The second-order valence-corrected chi connectivity index (χ2v) is 7.74. The number of carbonyl (C=O) groups excluding carboxylic acids is 1. The molecule has 0 spiro atoms. The van der Waals surface area contributed by atoms with Gasteiger partial charge >= 0.3 is 6.03 Å². The average molecular weight is 439 g/mol. The number of H-pyrrole nitrogens is 1. The molecule has 0 aliphatic heterocycles. The van der Waals surface area contributed by atoms with Crippen molar-refractivity contribution in [1.29, 1.82) is 0 Å². The lowest BCUT2D eigenvalue weighted by atomic mass is 9.91. The zero-order valence-corrected chi connectivity index (χ0v) is 17.5. The van der Waals surface area contributed by atoms with Crippen molar-refractivity contribution >= 4 is 40.1 Å². The molecular formula is C23H20Cl2N4O. The van der Waals surface area contributed by atoms with Crippen LogP contribution in [0.15, 0.2) is 73.1 Å². The Balaban J connectivity index is 1.55. The number of carbonyl (C=O) groups is 1. The topological polar surface area (TPSA) is 69.8 Å². The predicted octanol–water partition coefficient (Wildman–Crippen LogP) is 5.50. The number of nitrogens with zero attached hydrogens (tertiary/aromatic N) is 1. The Morgan fingerprint density at radius 2 is 1.83 bits per heavy atom. The first kappa shape index (κ1) is 20.3. The number of nitrogens with one attached hydrogen (secondary N) is 3. The van der Waals surface area contributed by atoms with E-state index in [1.54, 1.807) is 12.3 Å². The Labute approximate surface area is 184 Å². The first-order chi connectivity index (χ1) is 14.6. The van der Waals surface area contributed by atoms with Gasteiger partial charge in [-0.1, -0.05) is 53.5 Å². The van der Waals surface area contributed by atoms with Gasteiger partial charge in [-0.15, -0.1) is 0 Å². The number of hydrogen-bond acceptors (Lipinski definition) is 2. The van der Waals surface area contributed by atoms with Crippen LogP contribution in [-0.2, 0) is 6.54 Å². The van der Waals surface area contributed by atoms with Gasteiger partial charge in [0.25, 0.3) is 0 Å². The molecule has 30 heavy (non-hydrogen) atoms. The number of pyridine rings is 1. The molecule has 2 amide bonds. The molecule has 2 heterocycles. The van der Waals surface area contributed by atoms with Gasteiger partial charge in [0, 0.05) is 45.8 Å². The van der Waals surface area contributed by atoms with E-state index >= 15 is 0 Å². The minimum atomic E-state index is -0.268. The summed E-state index contributed by atoms with van der Waals surface area (Å²) in [6.45, 7) is 0.726. The summed E-state index contributed by atoms with van der Waals surface area (Å²) in [5.74, 6) is -0.147. The van der Waals surface area contributed by atoms with E-state index in [0.29, 0.717) is 23.1 Å². The summed E-state index contributed by atoms with van der Waals surface area (Å²) in [6, 6.07) is 18.8. The van der Waals surface area contributed by atoms with Crippen molar-refractivity contribution in [2.24, 2.45) is 0 Å². The van der Waals surface area contributed by atoms with Crippen LogP contribution in [-0.4, -0.2) is 22.5 Å². The molecule has 0 saturated carbocycles. The lowest BCUT2D eigenvalue weighted by Gasteiger charge is -2.20. The third-order valence-electron chi connectivity index (χ3n) is 4.96. The van der Waals surface area contributed by atoms with Gasteiger partial charge in [-0.05, 0) is 41.5 Å². The fourth-order valence-corrected chi connectivity index (χ4v) is 4.02. The molecule has 0 aliphatic carbocycles. The van der Waals surface area contributed by atoms with Gasteiger partial charge in [0.15, 0.2) is 0 Å². The number of fused-ring (bicyclic) bond motifs is 1. The fraction of sp³-hybridized carbons (Fsp3) is 0.130. The second kappa shape index (κ2) is 9.20. The number of para-hydroxylation sites is 1. The molecule has 0 bridgehead atoms. The molecule has 7 heteroatoms. The van der Waals surface area contributed by atoms with E-state index in [9.17, 15) is 4.79 Å². The highest BCUT2D eigenvalue weighted by molar-refractivity contribution is 6.35. The van der Waals surface area contributed by atoms with Crippen LogP contribution in [0.2, 0.25) is 10.0 Å². The Morgan fingerprint density at radius 1 is 1.00 bits per heavy atom. The quantitative estimate of drug-likeness (QED) is 0.371. The minimum absolute atomic E-state index is 0.147. The van der Waals surface area contributed by atoms with Crippen LogP contribution in [0, 0.1) is 0 Å². The molecular weight excluding hydrogens is 419 g/mol. The van der Waals surface area contributed by atoms with E-state index in [2.05, 4.69) is 26.7 Å². The van der Waals surface area contributed by atoms with E-state index in [-0.39, 0.29) is 11.9 Å². The summed E-state index contributed by atoms with van der Waals surface area (Å²) in [6.07, 6.45) is 3.66. The predicted molar refractivity (Wildman–Crippen MR) is 121 cm³/mol. The standard InChI is InChI=1S/C23H20Cl2N4O/c24-15-8-9-17(21(25)11-15)19(20-13-27-22-7-2-1-6-18(20)22)14-29-23(30)28-12-16-5-3-4-10-26-16/h1-11,13,19,27H,12,14H2,(H2,28,29,30). The molecule has 1 atom stereocenters. The van der Waals surface area contributed by atoms with Gasteiger partial charge in [0.2, 0.25) is 0 Å². The Morgan fingerprint density at radius 3 is 2.63 bits per heavy atom. The van der Waals surface area contributed by atoms with Crippen LogP contribution in [0.4, 0.5) is 4.79 Å². The molecule has 0 fully saturated rings. The van der Waals surface area contributed by atoms with Crippen LogP contribution < -0.4 is 10.6 Å². The highest BCUT2D eigenvalue weighted by Crippen LogP contribution is 2.35. The van der Waals surface area contributed by atoms with Gasteiger partial charge in [-0.2, -0.15) is 0 Å². The number of aromatic nitrogens is 2. The maximum absolute atomic E-state index is 12.4. The third-order valence-corrected chi connectivity index (χ3v) is 5.52. The first-order valence-corrected chi connectivity index (χ1v) is 10.3. The highest BCUT2D eigenvalue weighted by Gasteiger charge is 2.21. The molecule has 3 N–H and O–H groups in total. The van der Waals surface area contributed by atoms with Crippen LogP contribution >= 0.6 is 23.2 Å². The minimum Gasteiger partial charge on any atom is -0.361 e. The van der Waals surface area contributed by atoms with Gasteiger partial charge in [-0.25, -0.2) is 4.79 Å². The molecule has 4 aromatic rings. The third kappa shape index (κ3) is 4.58. The fourth-order valence-electron chi connectivity index (χ4n) is 3.48. The van der Waals surface area contributed by atoms with Crippen LogP contribution in [0.5, 0.6) is 0 Å². The zero-order valence-electron chi connectivity index (χ0n) is 16.0. The normalized spacial score (nSPS) is 11.9. The molecule has 2 aromatic heterocycles. The van der Waals surface area contributed by atoms with Crippen molar-refractivity contribution in [3.8, 4) is 0 Å². The lowest BCUT2D eigenvalue weighted by molar-refractivity contribution is 0.240. The summed E-state index contributed by atoms with van der Waals surface area (Å²) in [5, 5.41) is 8.02. The Bertz CT molecular complexity index is 1160. The molecule has 152 valence electrons. The van der Waals surface area contributed by atoms with Crippen LogP contribution in [0.25, 0.3) is 10.9 Å². The number of benzene rings is 2. The number of aromatic amines is 1. The molecule has 1 unspecified atom stereocenters. The summed E-state index contributed by atoms with van der Waals surface area (Å²) in [7, 11) is 0. The van der Waals surface area contributed by atoms with Gasteiger partial charge in [0.05, 0.1) is 12.2 Å². The number of hydrogen-bond donors (Lipinski definition) is 3. The number of rotatable bonds is 6. The summed E-state index contributed by atoms with van der Waals surface area (Å²) >= 11 is 12.6. The lowest BCUT2D eigenvalue weighted by Crippen LogP contribution is -2.37. The van der Waals surface area contributed by atoms with Crippen molar-refractivity contribution in [2.45, 2.75) is 12.5 Å². The number of urea groups is 1. The SMILES string of the molecule is O=C(NCc1ccccn1)NCC(c1ccc(Cl)cc1Cl)c1c[nH]c2ccccc12. The summed E-state index contributed by atoms with van der Waals surface area (Å²) in [4.78, 5) is 19.9. The van der Waals surface area contributed by atoms with Gasteiger partial charge < -0.3 is 15.6 Å². The molecule has 0 radical (unpaired) electrons. The van der Waals surface area contributed by atoms with Gasteiger partial charge in [-0.3, -0.25) is 4.98 Å². The van der Waals surface area contributed by atoms with Crippen LogP contribution in [0.3, 0.4) is 0 Å². The van der Waals surface area contributed by atoms with E-state index < -0.39 is 0 Å². The van der Waals surface area contributed by atoms with Crippen molar-refractivity contribution in [3.63, 3.8) is 0 Å². The van der Waals surface area contributed by atoms with Crippen molar-refractivity contribution in [1.82, 2.24) is 20.6 Å². The first-order valence-electron chi connectivity index (χ1n) is 9.54. The summed E-state index contributed by atoms with van der Waals surface area (Å²) < 4.78 is 0. The van der Waals surface area contributed by atoms with E-state index in [4.69, 9.17) is 23.2 Å². The van der Waals surface area contributed by atoms with E-state index in [0.717, 1.165) is 27.7 Å². The van der Waals surface area contributed by atoms with Crippen molar-refractivity contribution in [3.05, 3.63) is 99.9 Å². The molecule has 4 rings (SSSR count). The summed E-state index contributed by atoms with van der Waals surface area (Å²) in [5.41, 5.74) is 3.78. The monoisotopic (exact) mass is 438 g/mol. The Hall–Kier alpha value is -3.02. The average Bonchev–Trinajstić information content (AvgIpc) is 3.18. The molecule has 0 saturated heterocycles. The van der Waals surface area contributed by atoms with Crippen LogP contribution in [0.1, 0.15) is 22.7 Å². The second-order valence-electron chi connectivity index (χ2n) is 6.89. The van der Waals surface area contributed by atoms with Gasteiger partial charge in [0.1, 0.15) is 0 Å². The number of halogens is 2. The van der Waals surface area contributed by atoms with E-state index in [1.807, 2.05) is 54.7 Å². The van der Waals surface area contributed by atoms with Crippen molar-refractivity contribution < 1.29 is 4.79 Å². The Kier molecular flexibility index (Phi) is 6.21. The maximum atomic E-state index is 12.4. The molecule has 5 nitrogen and oxygen atoms in total. The zero-order chi connectivity index (χ0) is 20.9.